The van der Waals surface area contributed by atoms with Crippen LogP contribution in [0.3, 0.4) is 0 Å². The molecule has 0 atom stereocenters. The highest BCUT2D eigenvalue weighted by atomic mass is 16.2. The normalized spacial score (nSPS) is 10.2. The Morgan fingerprint density at radius 2 is 0.667 bits per heavy atom. The van der Waals surface area contributed by atoms with Crippen LogP contribution < -0.4 is 17.1 Å². The number of hydrogen-bond acceptors (Lipinski definition) is 6. The van der Waals surface area contributed by atoms with E-state index in [-0.39, 0.29) is 19.6 Å². The maximum Gasteiger partial charge on any atom is 0.336 e. The largest absolute Gasteiger partial charge is 0.336 e. The van der Waals surface area contributed by atoms with Gasteiger partial charge in [0, 0.05) is 0 Å². The van der Waals surface area contributed by atoms with Crippen LogP contribution in [-0.4, -0.2) is 13.7 Å². The van der Waals surface area contributed by atoms with Crippen molar-refractivity contribution in [2.24, 2.45) is 0 Å². The summed E-state index contributed by atoms with van der Waals surface area (Å²) in [7, 11) is 0. The van der Waals surface area contributed by atoms with E-state index in [0.717, 1.165) is 13.7 Å². The molecule has 3 aromatic carbocycles. The molecule has 0 N–H and O–H groups in total. The topological polar surface area (TPSA) is 137 Å². The first-order valence-corrected chi connectivity index (χ1v) is 10.8. The second-order valence-corrected chi connectivity index (χ2v) is 8.03. The maximum atomic E-state index is 13.3. The number of benzene rings is 3. The molecule has 174 valence electrons. The zero-order valence-electron chi connectivity index (χ0n) is 19.0. The van der Waals surface area contributed by atoms with Gasteiger partial charge in [-0.1, -0.05) is 36.4 Å². The molecule has 4 rings (SSSR count). The van der Waals surface area contributed by atoms with Gasteiger partial charge >= 0.3 is 17.1 Å². The molecule has 0 radical (unpaired) electrons. The molecule has 1 heterocycles. The standard InChI is InChI=1S/C27H18N6O3/c28-13-19-1-7-22(8-2-19)16-31-25(34)32(17-23-9-3-20(14-29)4-10-23)27(36)33(26(31)35)18-24-11-5-21(15-30)6-12-24/h1-12H,16-18H2. The summed E-state index contributed by atoms with van der Waals surface area (Å²) < 4.78 is 2.95. The molecule has 0 amide bonds. The minimum atomic E-state index is -0.769. The van der Waals surface area contributed by atoms with E-state index in [2.05, 4.69) is 0 Å². The van der Waals surface area contributed by atoms with E-state index in [9.17, 15) is 14.4 Å². The third kappa shape index (κ3) is 4.89. The van der Waals surface area contributed by atoms with Gasteiger partial charge in [-0.05, 0) is 53.1 Å². The molecule has 0 aliphatic heterocycles. The lowest BCUT2D eigenvalue weighted by Gasteiger charge is -2.14. The monoisotopic (exact) mass is 474 g/mol. The molecule has 36 heavy (non-hydrogen) atoms. The van der Waals surface area contributed by atoms with Crippen LogP contribution in [0.25, 0.3) is 0 Å². The van der Waals surface area contributed by atoms with E-state index in [1.807, 2.05) is 18.2 Å². The van der Waals surface area contributed by atoms with Gasteiger partial charge in [0.2, 0.25) is 0 Å². The van der Waals surface area contributed by atoms with Crippen molar-refractivity contribution in [2.75, 3.05) is 0 Å². The number of hydrogen-bond donors (Lipinski definition) is 0. The van der Waals surface area contributed by atoms with Crippen molar-refractivity contribution < 1.29 is 0 Å². The number of aromatic nitrogens is 3. The van der Waals surface area contributed by atoms with Crippen molar-refractivity contribution in [3.05, 3.63) is 138 Å². The van der Waals surface area contributed by atoms with Crippen LogP contribution in [0.2, 0.25) is 0 Å². The molecule has 0 spiro atoms. The lowest BCUT2D eigenvalue weighted by atomic mass is 10.1. The average Bonchev–Trinajstić information content (AvgIpc) is 2.92. The SMILES string of the molecule is N#Cc1ccc(Cn2c(=O)n(Cc3ccc(C#N)cc3)c(=O)n(Cc3ccc(C#N)cc3)c2=O)cc1. The predicted octanol–water partition coefficient (Wildman–Crippen LogP) is 1.93. The van der Waals surface area contributed by atoms with E-state index in [1.54, 1.807) is 72.8 Å². The smallest absolute Gasteiger partial charge is 0.247 e. The molecule has 0 saturated heterocycles. The van der Waals surface area contributed by atoms with Crippen molar-refractivity contribution in [1.29, 1.82) is 15.8 Å². The van der Waals surface area contributed by atoms with Gasteiger partial charge < -0.3 is 0 Å². The van der Waals surface area contributed by atoms with Crippen LogP contribution in [0.5, 0.6) is 0 Å². The molecule has 0 aliphatic rings. The van der Waals surface area contributed by atoms with Crippen LogP contribution >= 0.6 is 0 Å². The molecule has 9 heteroatoms. The Morgan fingerprint density at radius 3 is 0.861 bits per heavy atom. The first kappa shape index (κ1) is 23.7. The Bertz CT molecular complexity index is 1480. The Kier molecular flexibility index (Phi) is 6.72. The Balaban J connectivity index is 1.83. The zero-order chi connectivity index (χ0) is 25.7. The van der Waals surface area contributed by atoms with Gasteiger partial charge in [0.05, 0.1) is 54.5 Å². The minimum absolute atomic E-state index is 0.0929. The second-order valence-electron chi connectivity index (χ2n) is 8.03. The summed E-state index contributed by atoms with van der Waals surface area (Å²) in [5.74, 6) is 0. The Morgan fingerprint density at radius 1 is 0.444 bits per heavy atom. The Labute approximate surface area is 205 Å². The van der Waals surface area contributed by atoms with Crippen LogP contribution in [0.1, 0.15) is 33.4 Å². The molecule has 0 fully saturated rings. The number of nitrogens with zero attached hydrogens (tertiary/aromatic N) is 6. The maximum absolute atomic E-state index is 13.3. The van der Waals surface area contributed by atoms with Crippen LogP contribution in [0, 0.1) is 34.0 Å². The predicted molar refractivity (Wildman–Crippen MR) is 130 cm³/mol. The summed E-state index contributed by atoms with van der Waals surface area (Å²) in [6, 6.07) is 25.4. The fourth-order valence-electron chi connectivity index (χ4n) is 3.69. The third-order valence-electron chi connectivity index (χ3n) is 5.66. The van der Waals surface area contributed by atoms with Gasteiger partial charge in [0.25, 0.3) is 0 Å². The van der Waals surface area contributed by atoms with E-state index in [1.165, 1.54) is 0 Å². The van der Waals surface area contributed by atoms with Crippen molar-refractivity contribution in [3.8, 4) is 18.2 Å². The van der Waals surface area contributed by atoms with Crippen molar-refractivity contribution in [2.45, 2.75) is 19.6 Å². The quantitative estimate of drug-likeness (QED) is 0.419. The van der Waals surface area contributed by atoms with Crippen molar-refractivity contribution >= 4 is 0 Å². The fraction of sp³-hybridized carbons (Fsp3) is 0.111. The van der Waals surface area contributed by atoms with Crippen molar-refractivity contribution in [3.63, 3.8) is 0 Å². The second kappa shape index (κ2) is 10.2. The summed E-state index contributed by atoms with van der Waals surface area (Å²) >= 11 is 0. The molecule has 0 bridgehead atoms. The Hall–Kier alpha value is -5.46. The summed E-state index contributed by atoms with van der Waals surface area (Å²) in [5.41, 5.74) is 0.852. The highest BCUT2D eigenvalue weighted by Gasteiger charge is 2.17. The van der Waals surface area contributed by atoms with E-state index in [0.29, 0.717) is 33.4 Å². The molecular weight excluding hydrogens is 456 g/mol. The summed E-state index contributed by atoms with van der Waals surface area (Å²) in [6.45, 7) is -0.279. The van der Waals surface area contributed by atoms with Gasteiger partial charge in [-0.2, -0.15) is 15.8 Å². The van der Waals surface area contributed by atoms with E-state index >= 15 is 0 Å². The van der Waals surface area contributed by atoms with Gasteiger partial charge in [-0.25, -0.2) is 28.1 Å². The van der Waals surface area contributed by atoms with Crippen LogP contribution in [0.4, 0.5) is 0 Å². The molecule has 1 aromatic heterocycles. The van der Waals surface area contributed by atoms with Gasteiger partial charge in [0.1, 0.15) is 0 Å². The zero-order valence-corrected chi connectivity index (χ0v) is 19.0. The number of rotatable bonds is 6. The van der Waals surface area contributed by atoms with E-state index < -0.39 is 17.1 Å². The lowest BCUT2D eigenvalue weighted by Crippen LogP contribution is -2.54. The van der Waals surface area contributed by atoms with E-state index in [4.69, 9.17) is 15.8 Å². The minimum Gasteiger partial charge on any atom is -0.247 e. The first-order chi connectivity index (χ1) is 17.4. The number of nitriles is 3. The highest BCUT2D eigenvalue weighted by molar-refractivity contribution is 5.33. The van der Waals surface area contributed by atoms with Gasteiger partial charge in [-0.3, -0.25) is 0 Å². The first-order valence-electron chi connectivity index (χ1n) is 10.8. The molecular formula is C27H18N6O3. The van der Waals surface area contributed by atoms with Gasteiger partial charge in [-0.15, -0.1) is 0 Å². The summed E-state index contributed by atoms with van der Waals surface area (Å²) in [4.78, 5) is 40.0. The fourth-order valence-corrected chi connectivity index (χ4v) is 3.69. The molecule has 0 aliphatic carbocycles. The van der Waals surface area contributed by atoms with Crippen LogP contribution in [-0.2, 0) is 19.6 Å². The highest BCUT2D eigenvalue weighted by Crippen LogP contribution is 2.07. The molecule has 4 aromatic rings. The average molecular weight is 474 g/mol. The lowest BCUT2D eigenvalue weighted by molar-refractivity contribution is 0.492. The third-order valence-corrected chi connectivity index (χ3v) is 5.66. The van der Waals surface area contributed by atoms with Crippen LogP contribution in [0.15, 0.2) is 87.2 Å². The summed E-state index contributed by atoms with van der Waals surface area (Å²) in [5, 5.41) is 27.1. The van der Waals surface area contributed by atoms with Crippen molar-refractivity contribution in [1.82, 2.24) is 13.7 Å². The molecule has 9 nitrogen and oxygen atoms in total. The molecule has 0 unspecified atom stereocenters. The van der Waals surface area contributed by atoms with Gasteiger partial charge in [0.15, 0.2) is 0 Å². The molecule has 0 saturated carbocycles. The summed E-state index contributed by atoms with van der Waals surface area (Å²) in [6.07, 6.45) is 0.